The first-order valence-corrected chi connectivity index (χ1v) is 9.25. The molecule has 4 saturated carbocycles. The number of hydrogen-bond acceptors (Lipinski definition) is 1. The summed E-state index contributed by atoms with van der Waals surface area (Å²) >= 11 is 0. The zero-order chi connectivity index (χ0) is 16.1. The van der Waals surface area contributed by atoms with Gasteiger partial charge in [0.25, 0.3) is 5.91 Å². The Labute approximate surface area is 143 Å². The van der Waals surface area contributed by atoms with E-state index >= 15 is 0 Å². The molecule has 4 fully saturated rings. The number of hydrogen-bond donors (Lipinski definition) is 1. The molecule has 1 N–H and O–H groups in total. The largest absolute Gasteiger partial charge is 0.347 e. The molecule has 24 heavy (non-hydrogen) atoms. The fourth-order valence-corrected chi connectivity index (χ4v) is 5.87. The molecule has 124 valence electrons. The van der Waals surface area contributed by atoms with E-state index in [1.807, 2.05) is 48.8 Å². The van der Waals surface area contributed by atoms with Crippen molar-refractivity contribution in [1.29, 1.82) is 0 Å². The van der Waals surface area contributed by atoms with Crippen molar-refractivity contribution in [1.82, 2.24) is 9.88 Å². The lowest BCUT2D eigenvalue weighted by atomic mass is 9.53. The van der Waals surface area contributed by atoms with Crippen molar-refractivity contribution in [3.63, 3.8) is 0 Å². The fourth-order valence-electron chi connectivity index (χ4n) is 5.87. The maximum atomic E-state index is 12.8. The quantitative estimate of drug-likeness (QED) is 0.904. The molecule has 0 aliphatic heterocycles. The Kier molecular flexibility index (Phi) is 3.12. The number of aromatic nitrogens is 1. The summed E-state index contributed by atoms with van der Waals surface area (Å²) in [6, 6.07) is 12.0. The molecule has 0 spiro atoms. The number of rotatable bonds is 3. The second-order valence-electron chi connectivity index (χ2n) is 8.29. The van der Waals surface area contributed by atoms with Crippen LogP contribution in [0.3, 0.4) is 0 Å². The van der Waals surface area contributed by atoms with Gasteiger partial charge in [-0.25, -0.2) is 0 Å². The molecule has 4 aliphatic rings. The van der Waals surface area contributed by atoms with E-state index in [0.717, 1.165) is 29.0 Å². The highest BCUT2D eigenvalue weighted by Crippen LogP contribution is 2.55. The monoisotopic (exact) mass is 320 g/mol. The lowest BCUT2D eigenvalue weighted by Gasteiger charge is -2.56. The molecular weight excluding hydrogens is 296 g/mol. The lowest BCUT2D eigenvalue weighted by Crippen LogP contribution is -2.59. The van der Waals surface area contributed by atoms with Gasteiger partial charge in [-0.2, -0.15) is 0 Å². The standard InChI is InChI=1S/C21H24N2O/c24-20(18-3-5-19(6-4-18)23-7-1-2-8-23)22-21-12-15-9-16(13-21)11-17(10-15)14-21/h1-8,15-17H,9-14H2,(H,22,24). The van der Waals surface area contributed by atoms with Gasteiger partial charge < -0.3 is 9.88 Å². The van der Waals surface area contributed by atoms with Crippen LogP contribution in [0, 0.1) is 17.8 Å². The Bertz CT molecular complexity index is 709. The number of carbonyl (C=O) groups is 1. The third-order valence-electron chi connectivity index (χ3n) is 6.45. The van der Waals surface area contributed by atoms with Crippen LogP contribution in [0.25, 0.3) is 5.69 Å². The lowest BCUT2D eigenvalue weighted by molar-refractivity contribution is -0.0167. The highest BCUT2D eigenvalue weighted by atomic mass is 16.1. The molecule has 1 aromatic carbocycles. The van der Waals surface area contributed by atoms with Gasteiger partial charge in [0.1, 0.15) is 0 Å². The van der Waals surface area contributed by atoms with Crippen LogP contribution >= 0.6 is 0 Å². The van der Waals surface area contributed by atoms with E-state index in [4.69, 9.17) is 0 Å². The predicted octanol–water partition coefficient (Wildman–Crippen LogP) is 4.18. The summed E-state index contributed by atoms with van der Waals surface area (Å²) in [7, 11) is 0. The minimum Gasteiger partial charge on any atom is -0.347 e. The van der Waals surface area contributed by atoms with Crippen LogP contribution in [0.4, 0.5) is 0 Å². The molecule has 6 rings (SSSR count). The van der Waals surface area contributed by atoms with Gasteiger partial charge in [-0.05, 0) is 92.7 Å². The third kappa shape index (κ3) is 2.38. The van der Waals surface area contributed by atoms with E-state index in [0.29, 0.717) is 0 Å². The van der Waals surface area contributed by atoms with Crippen molar-refractivity contribution in [2.45, 2.75) is 44.1 Å². The fraction of sp³-hybridized carbons (Fsp3) is 0.476. The SMILES string of the molecule is O=C(NC12CC3CC(CC(C3)C1)C2)c1ccc(-n2cccc2)cc1. The highest BCUT2D eigenvalue weighted by molar-refractivity contribution is 5.94. The summed E-state index contributed by atoms with van der Waals surface area (Å²) < 4.78 is 2.06. The van der Waals surface area contributed by atoms with Crippen molar-refractivity contribution >= 4 is 5.91 Å². The number of nitrogens with zero attached hydrogens (tertiary/aromatic N) is 1. The van der Waals surface area contributed by atoms with E-state index in [1.165, 1.54) is 38.5 Å². The van der Waals surface area contributed by atoms with E-state index in [9.17, 15) is 4.79 Å². The second kappa shape index (κ2) is 5.23. The molecule has 0 saturated heterocycles. The molecule has 0 atom stereocenters. The van der Waals surface area contributed by atoms with Crippen LogP contribution in [0.1, 0.15) is 48.9 Å². The van der Waals surface area contributed by atoms with Gasteiger partial charge in [-0.3, -0.25) is 4.79 Å². The Balaban J connectivity index is 1.34. The molecular formula is C21H24N2O. The third-order valence-corrected chi connectivity index (χ3v) is 6.45. The molecule has 4 aliphatic carbocycles. The van der Waals surface area contributed by atoms with Gasteiger partial charge in [-0.15, -0.1) is 0 Å². The maximum absolute atomic E-state index is 12.8. The van der Waals surface area contributed by atoms with Crippen LogP contribution in [-0.4, -0.2) is 16.0 Å². The molecule has 1 amide bonds. The first kappa shape index (κ1) is 14.3. The van der Waals surface area contributed by atoms with Crippen molar-refractivity contribution in [3.8, 4) is 5.69 Å². The van der Waals surface area contributed by atoms with Crippen molar-refractivity contribution in [2.75, 3.05) is 0 Å². The van der Waals surface area contributed by atoms with Gasteiger partial charge in [0, 0.05) is 29.2 Å². The van der Waals surface area contributed by atoms with Gasteiger partial charge >= 0.3 is 0 Å². The summed E-state index contributed by atoms with van der Waals surface area (Å²) in [4.78, 5) is 12.8. The Morgan fingerprint density at radius 1 is 0.917 bits per heavy atom. The summed E-state index contributed by atoms with van der Waals surface area (Å²) in [5, 5.41) is 3.45. The number of carbonyl (C=O) groups excluding carboxylic acids is 1. The van der Waals surface area contributed by atoms with Crippen LogP contribution < -0.4 is 5.32 Å². The number of amides is 1. The Hall–Kier alpha value is -2.03. The molecule has 1 aromatic heterocycles. The summed E-state index contributed by atoms with van der Waals surface area (Å²) in [5.41, 5.74) is 1.96. The van der Waals surface area contributed by atoms with Gasteiger partial charge in [-0.1, -0.05) is 0 Å². The van der Waals surface area contributed by atoms with Crippen molar-refractivity contribution in [2.24, 2.45) is 17.8 Å². The van der Waals surface area contributed by atoms with Crippen LogP contribution in [0.5, 0.6) is 0 Å². The van der Waals surface area contributed by atoms with Crippen molar-refractivity contribution < 1.29 is 4.79 Å². The second-order valence-corrected chi connectivity index (χ2v) is 8.29. The zero-order valence-electron chi connectivity index (χ0n) is 13.9. The summed E-state index contributed by atoms with van der Waals surface area (Å²) in [6.07, 6.45) is 11.8. The Morgan fingerprint density at radius 3 is 2.00 bits per heavy atom. The average molecular weight is 320 g/mol. The summed E-state index contributed by atoms with van der Waals surface area (Å²) in [6.45, 7) is 0. The number of nitrogens with one attached hydrogen (secondary N) is 1. The van der Waals surface area contributed by atoms with E-state index < -0.39 is 0 Å². The zero-order valence-corrected chi connectivity index (χ0v) is 13.9. The first-order valence-electron chi connectivity index (χ1n) is 9.25. The highest BCUT2D eigenvalue weighted by Gasteiger charge is 2.51. The van der Waals surface area contributed by atoms with Gasteiger partial charge in [0.05, 0.1) is 0 Å². The van der Waals surface area contributed by atoms with Gasteiger partial charge in [0.2, 0.25) is 0 Å². The molecule has 3 nitrogen and oxygen atoms in total. The van der Waals surface area contributed by atoms with E-state index in [2.05, 4.69) is 9.88 Å². The molecule has 1 heterocycles. The molecule has 2 aromatic rings. The minimum absolute atomic E-state index is 0.0882. The van der Waals surface area contributed by atoms with E-state index in [-0.39, 0.29) is 11.4 Å². The molecule has 4 bridgehead atoms. The van der Waals surface area contributed by atoms with E-state index in [1.54, 1.807) is 0 Å². The predicted molar refractivity (Wildman–Crippen MR) is 94.1 cm³/mol. The average Bonchev–Trinajstić information content (AvgIpc) is 3.07. The first-order chi connectivity index (χ1) is 11.7. The minimum atomic E-state index is 0.0882. The molecule has 0 unspecified atom stereocenters. The smallest absolute Gasteiger partial charge is 0.251 e. The maximum Gasteiger partial charge on any atom is 0.251 e. The van der Waals surface area contributed by atoms with Crippen molar-refractivity contribution in [3.05, 3.63) is 54.4 Å². The summed E-state index contributed by atoms with van der Waals surface area (Å²) in [5.74, 6) is 2.67. The van der Waals surface area contributed by atoms with Crippen LogP contribution in [0.2, 0.25) is 0 Å². The van der Waals surface area contributed by atoms with Gasteiger partial charge in [0.15, 0.2) is 0 Å². The molecule has 3 heteroatoms. The molecule has 0 radical (unpaired) electrons. The van der Waals surface area contributed by atoms with Crippen LogP contribution in [0.15, 0.2) is 48.8 Å². The topological polar surface area (TPSA) is 34.0 Å². The normalized spacial score (nSPS) is 33.6. The van der Waals surface area contributed by atoms with Crippen LogP contribution in [-0.2, 0) is 0 Å². The Morgan fingerprint density at radius 2 is 1.46 bits per heavy atom. The number of benzene rings is 1.